The van der Waals surface area contributed by atoms with Gasteiger partial charge in [0.2, 0.25) is 0 Å². The lowest BCUT2D eigenvalue weighted by Gasteiger charge is -2.27. The van der Waals surface area contributed by atoms with Gasteiger partial charge in [-0.25, -0.2) is 0 Å². The van der Waals surface area contributed by atoms with Crippen LogP contribution in [0.2, 0.25) is 0 Å². The Morgan fingerprint density at radius 3 is 2.82 bits per heavy atom. The summed E-state index contributed by atoms with van der Waals surface area (Å²) in [5.41, 5.74) is 4.96. The molecule has 0 amide bonds. The highest BCUT2D eigenvalue weighted by Crippen LogP contribution is 2.35. The smallest absolute Gasteiger partial charge is 0.311 e. The molecule has 0 unspecified atom stereocenters. The van der Waals surface area contributed by atoms with Gasteiger partial charge in [-0.1, -0.05) is 30.3 Å². The van der Waals surface area contributed by atoms with Crippen molar-refractivity contribution in [1.29, 1.82) is 0 Å². The van der Waals surface area contributed by atoms with Crippen molar-refractivity contribution in [3.05, 3.63) is 75.5 Å². The molecular weight excluding hydrogens is 356 g/mol. The number of hydrogen-bond acceptors (Lipinski definition) is 5. The number of rotatable bonds is 6. The van der Waals surface area contributed by atoms with E-state index < -0.39 is 4.92 Å². The van der Waals surface area contributed by atoms with Crippen LogP contribution in [0.1, 0.15) is 23.7 Å². The van der Waals surface area contributed by atoms with Gasteiger partial charge in [0, 0.05) is 48.9 Å². The van der Waals surface area contributed by atoms with Crippen molar-refractivity contribution in [2.75, 3.05) is 13.2 Å². The van der Waals surface area contributed by atoms with E-state index in [1.165, 1.54) is 5.56 Å². The number of ether oxygens (including phenoxy) is 1. The molecule has 1 aliphatic rings. The fourth-order valence-electron chi connectivity index (χ4n) is 3.65. The van der Waals surface area contributed by atoms with Crippen molar-refractivity contribution < 1.29 is 9.66 Å². The average Bonchev–Trinajstić information content (AvgIpc) is 3.12. The van der Waals surface area contributed by atoms with Crippen molar-refractivity contribution in [3.63, 3.8) is 0 Å². The lowest BCUT2D eigenvalue weighted by Crippen LogP contribution is -2.29. The zero-order valence-corrected chi connectivity index (χ0v) is 15.7. The average molecular weight is 378 g/mol. The number of aromatic amines is 1. The van der Waals surface area contributed by atoms with E-state index in [-0.39, 0.29) is 11.4 Å². The van der Waals surface area contributed by atoms with Crippen LogP contribution in [0.4, 0.5) is 5.69 Å². The Balaban J connectivity index is 1.62. The van der Waals surface area contributed by atoms with Crippen LogP contribution < -0.4 is 4.74 Å². The molecule has 0 saturated carbocycles. The van der Waals surface area contributed by atoms with Crippen LogP contribution in [-0.4, -0.2) is 33.2 Å². The van der Waals surface area contributed by atoms with Crippen LogP contribution in [0.25, 0.3) is 11.3 Å². The summed E-state index contributed by atoms with van der Waals surface area (Å²) in [5.74, 6) is 0.284. The second-order valence-electron chi connectivity index (χ2n) is 6.85. The lowest BCUT2D eigenvalue weighted by atomic mass is 10.00. The Hall–Kier alpha value is -3.19. The molecule has 4 rings (SSSR count). The Kier molecular flexibility index (Phi) is 5.08. The van der Waals surface area contributed by atoms with Crippen molar-refractivity contribution >= 4 is 5.69 Å². The minimum absolute atomic E-state index is 0.0342. The summed E-state index contributed by atoms with van der Waals surface area (Å²) in [6.07, 6.45) is 0.883. The fourth-order valence-corrected chi connectivity index (χ4v) is 3.65. The van der Waals surface area contributed by atoms with Crippen molar-refractivity contribution in [1.82, 2.24) is 15.1 Å². The number of fused-ring (bicyclic) bond motifs is 1. The molecule has 1 aliphatic heterocycles. The predicted molar refractivity (Wildman–Crippen MR) is 106 cm³/mol. The predicted octanol–water partition coefficient (Wildman–Crippen LogP) is 3.94. The van der Waals surface area contributed by atoms with Crippen molar-refractivity contribution in [2.45, 2.75) is 26.4 Å². The van der Waals surface area contributed by atoms with Crippen LogP contribution in [0, 0.1) is 10.1 Å². The van der Waals surface area contributed by atoms with E-state index in [2.05, 4.69) is 27.2 Å². The maximum absolute atomic E-state index is 11.5. The normalized spacial score (nSPS) is 13.9. The molecule has 0 atom stereocenters. The second-order valence-corrected chi connectivity index (χ2v) is 6.85. The molecule has 0 spiro atoms. The first-order chi connectivity index (χ1) is 13.7. The zero-order valence-electron chi connectivity index (χ0n) is 15.7. The Morgan fingerprint density at radius 2 is 2.07 bits per heavy atom. The molecule has 3 aromatic rings. The van der Waals surface area contributed by atoms with Gasteiger partial charge >= 0.3 is 5.69 Å². The molecule has 28 heavy (non-hydrogen) atoms. The molecule has 1 aromatic heterocycles. The molecule has 0 radical (unpaired) electrons. The minimum Gasteiger partial charge on any atom is -0.487 e. The van der Waals surface area contributed by atoms with Crippen molar-refractivity contribution in [3.8, 4) is 17.0 Å². The van der Waals surface area contributed by atoms with Gasteiger partial charge < -0.3 is 4.74 Å². The Bertz CT molecular complexity index is 985. The van der Waals surface area contributed by atoms with Crippen LogP contribution in [0.3, 0.4) is 0 Å². The number of H-pyrrole nitrogens is 1. The molecule has 2 heterocycles. The number of aromatic nitrogens is 2. The molecule has 0 bridgehead atoms. The summed E-state index contributed by atoms with van der Waals surface area (Å²) in [6, 6.07) is 15.4. The molecule has 2 aromatic carbocycles. The maximum Gasteiger partial charge on any atom is 0.311 e. The Labute approximate surface area is 163 Å². The first-order valence-electron chi connectivity index (χ1n) is 9.39. The van der Waals surface area contributed by atoms with E-state index >= 15 is 0 Å². The van der Waals surface area contributed by atoms with E-state index in [1.54, 1.807) is 12.1 Å². The van der Waals surface area contributed by atoms with Crippen LogP contribution in [-0.2, 0) is 19.5 Å². The van der Waals surface area contributed by atoms with E-state index in [1.807, 2.05) is 31.2 Å². The first kappa shape index (κ1) is 18.2. The highest BCUT2D eigenvalue weighted by Gasteiger charge is 2.25. The van der Waals surface area contributed by atoms with Gasteiger partial charge in [0.1, 0.15) is 0 Å². The number of hydrogen-bond donors (Lipinski definition) is 1. The summed E-state index contributed by atoms with van der Waals surface area (Å²) >= 11 is 0. The topological polar surface area (TPSA) is 84.3 Å². The van der Waals surface area contributed by atoms with Gasteiger partial charge in [0.15, 0.2) is 5.75 Å². The van der Waals surface area contributed by atoms with Gasteiger partial charge in [0.05, 0.1) is 17.2 Å². The number of benzene rings is 2. The lowest BCUT2D eigenvalue weighted by molar-refractivity contribution is -0.385. The quantitative estimate of drug-likeness (QED) is 0.519. The third-order valence-corrected chi connectivity index (χ3v) is 4.99. The zero-order chi connectivity index (χ0) is 19.5. The van der Waals surface area contributed by atoms with Gasteiger partial charge in [0.25, 0.3) is 0 Å². The molecule has 0 aliphatic carbocycles. The standard InChI is InChI=1S/C21H22N4O3/c1-2-28-20-9-8-16(12-19(20)25(26)27)21-17-14-24(11-10-18(17)22-23-21)13-15-6-4-3-5-7-15/h3-9,12H,2,10-11,13-14H2,1H3,(H,22,23). The molecular formula is C21H22N4O3. The monoisotopic (exact) mass is 378 g/mol. The molecule has 7 heteroatoms. The van der Waals surface area contributed by atoms with Crippen LogP contribution in [0.5, 0.6) is 5.75 Å². The minimum atomic E-state index is -0.407. The molecule has 0 fully saturated rings. The summed E-state index contributed by atoms with van der Waals surface area (Å²) in [5, 5.41) is 19.0. The SMILES string of the molecule is CCOc1ccc(-c2n[nH]c3c2CN(Cc2ccccc2)CC3)cc1[N+](=O)[O-]. The largest absolute Gasteiger partial charge is 0.487 e. The van der Waals surface area contributed by atoms with Gasteiger partial charge in [-0.15, -0.1) is 0 Å². The first-order valence-corrected chi connectivity index (χ1v) is 9.39. The second kappa shape index (κ2) is 7.82. The third-order valence-electron chi connectivity index (χ3n) is 4.99. The third kappa shape index (κ3) is 3.61. The maximum atomic E-state index is 11.5. The summed E-state index contributed by atoms with van der Waals surface area (Å²) in [6.45, 7) is 4.77. The summed E-state index contributed by atoms with van der Waals surface area (Å²) in [7, 11) is 0. The van der Waals surface area contributed by atoms with Gasteiger partial charge in [-0.2, -0.15) is 5.10 Å². The fraction of sp³-hybridized carbons (Fsp3) is 0.286. The summed E-state index contributed by atoms with van der Waals surface area (Å²) < 4.78 is 5.39. The van der Waals surface area contributed by atoms with E-state index in [0.717, 1.165) is 48.6 Å². The molecule has 0 saturated heterocycles. The highest BCUT2D eigenvalue weighted by atomic mass is 16.6. The number of nitro benzene ring substituents is 1. The molecule has 7 nitrogen and oxygen atoms in total. The summed E-state index contributed by atoms with van der Waals surface area (Å²) in [4.78, 5) is 13.4. The number of nitrogens with zero attached hydrogens (tertiary/aromatic N) is 3. The molecule has 1 N–H and O–H groups in total. The van der Waals surface area contributed by atoms with Crippen LogP contribution in [0.15, 0.2) is 48.5 Å². The molecule has 144 valence electrons. The number of nitrogens with one attached hydrogen (secondary N) is 1. The van der Waals surface area contributed by atoms with Gasteiger partial charge in [-0.05, 0) is 24.6 Å². The highest BCUT2D eigenvalue weighted by molar-refractivity contribution is 5.69. The Morgan fingerprint density at radius 1 is 1.25 bits per heavy atom. The van der Waals surface area contributed by atoms with Gasteiger partial charge in [-0.3, -0.25) is 20.1 Å². The van der Waals surface area contributed by atoms with Crippen LogP contribution >= 0.6 is 0 Å². The van der Waals surface area contributed by atoms with Crippen molar-refractivity contribution in [2.24, 2.45) is 0 Å². The van der Waals surface area contributed by atoms with E-state index in [4.69, 9.17) is 4.74 Å². The number of nitro groups is 1. The van der Waals surface area contributed by atoms with E-state index in [0.29, 0.717) is 6.61 Å². The van der Waals surface area contributed by atoms with E-state index in [9.17, 15) is 10.1 Å².